The number of nitrogens with zero attached hydrogens (tertiary/aromatic N) is 1. The molecule has 5 nitrogen and oxygen atoms in total. The Morgan fingerprint density at radius 3 is 2.79 bits per heavy atom. The van der Waals surface area contributed by atoms with Gasteiger partial charge in [0.25, 0.3) is 0 Å². The molecule has 1 N–H and O–H groups in total. The van der Waals surface area contributed by atoms with Crippen LogP contribution in [0, 0.1) is 0 Å². The highest BCUT2D eigenvalue weighted by atomic mass is 16.5. The Kier molecular flexibility index (Phi) is 8.97. The molecule has 0 bridgehead atoms. The van der Waals surface area contributed by atoms with Crippen molar-refractivity contribution in [1.82, 2.24) is 10.3 Å². The minimum absolute atomic E-state index is 0.503. The van der Waals surface area contributed by atoms with Gasteiger partial charge in [-0.2, -0.15) is 0 Å². The van der Waals surface area contributed by atoms with Crippen LogP contribution in [-0.2, 0) is 16.0 Å². The first-order chi connectivity index (χ1) is 9.36. The number of aromatic nitrogens is 1. The van der Waals surface area contributed by atoms with Gasteiger partial charge in [0.15, 0.2) is 0 Å². The summed E-state index contributed by atoms with van der Waals surface area (Å²) in [5.74, 6) is 0.645. The lowest BCUT2D eigenvalue weighted by atomic mass is 10.3. The van der Waals surface area contributed by atoms with Crippen LogP contribution >= 0.6 is 0 Å². The van der Waals surface area contributed by atoms with E-state index in [9.17, 15) is 0 Å². The van der Waals surface area contributed by atoms with Gasteiger partial charge in [-0.3, -0.25) is 0 Å². The van der Waals surface area contributed by atoms with Crippen molar-refractivity contribution in [3.63, 3.8) is 0 Å². The zero-order valence-electron chi connectivity index (χ0n) is 11.9. The largest absolute Gasteiger partial charge is 0.475 e. The van der Waals surface area contributed by atoms with E-state index in [0.29, 0.717) is 32.3 Å². The molecule has 0 aromatic carbocycles. The fourth-order valence-corrected chi connectivity index (χ4v) is 1.48. The number of rotatable bonds is 11. The van der Waals surface area contributed by atoms with Crippen LogP contribution in [-0.4, -0.2) is 45.1 Å². The van der Waals surface area contributed by atoms with Gasteiger partial charge in [-0.1, -0.05) is 13.0 Å². The summed E-state index contributed by atoms with van der Waals surface area (Å²) < 4.78 is 15.7. The molecular formula is C14H24N2O3. The molecule has 0 fully saturated rings. The Balaban J connectivity index is 2.20. The topological polar surface area (TPSA) is 52.6 Å². The van der Waals surface area contributed by atoms with E-state index in [1.807, 2.05) is 18.2 Å². The second-order valence-electron chi connectivity index (χ2n) is 4.10. The van der Waals surface area contributed by atoms with Crippen LogP contribution in [0.4, 0.5) is 0 Å². The van der Waals surface area contributed by atoms with Crippen LogP contribution in [0.25, 0.3) is 0 Å². The van der Waals surface area contributed by atoms with Gasteiger partial charge < -0.3 is 19.5 Å². The molecule has 0 spiro atoms. The third kappa shape index (κ3) is 7.77. The fraction of sp³-hybridized carbons (Fsp3) is 0.643. The third-order valence-electron chi connectivity index (χ3n) is 2.42. The maximum atomic E-state index is 5.53. The molecule has 1 aromatic heterocycles. The van der Waals surface area contributed by atoms with Gasteiger partial charge in [-0.15, -0.1) is 0 Å². The first-order valence-electron chi connectivity index (χ1n) is 6.73. The Morgan fingerprint density at radius 1 is 1.16 bits per heavy atom. The molecule has 0 atom stereocenters. The summed E-state index contributed by atoms with van der Waals surface area (Å²) in [7, 11) is 1.65. The second kappa shape index (κ2) is 10.7. The van der Waals surface area contributed by atoms with E-state index in [4.69, 9.17) is 14.2 Å². The summed E-state index contributed by atoms with van der Waals surface area (Å²) in [6.45, 7) is 6.16. The summed E-state index contributed by atoms with van der Waals surface area (Å²) in [4.78, 5) is 4.41. The lowest BCUT2D eigenvalue weighted by Crippen LogP contribution is -2.15. The van der Waals surface area contributed by atoms with Crippen molar-refractivity contribution in [3.8, 4) is 5.88 Å². The lowest BCUT2D eigenvalue weighted by Gasteiger charge is -2.08. The number of hydrogen-bond acceptors (Lipinski definition) is 5. The summed E-state index contributed by atoms with van der Waals surface area (Å²) in [5.41, 5.74) is 0.992. The van der Waals surface area contributed by atoms with Crippen molar-refractivity contribution in [3.05, 3.63) is 23.9 Å². The Morgan fingerprint density at radius 2 is 2.00 bits per heavy atom. The summed E-state index contributed by atoms with van der Waals surface area (Å²) >= 11 is 0. The minimum Gasteiger partial charge on any atom is -0.475 e. The van der Waals surface area contributed by atoms with Gasteiger partial charge in [-0.05, 0) is 19.0 Å². The molecule has 0 aliphatic heterocycles. The molecule has 0 saturated carbocycles. The zero-order chi connectivity index (χ0) is 13.8. The van der Waals surface area contributed by atoms with E-state index >= 15 is 0 Å². The van der Waals surface area contributed by atoms with Gasteiger partial charge in [0, 0.05) is 19.7 Å². The predicted molar refractivity (Wildman–Crippen MR) is 74.4 cm³/mol. The molecular weight excluding hydrogens is 244 g/mol. The first kappa shape index (κ1) is 15.9. The Bertz CT molecular complexity index is 334. The van der Waals surface area contributed by atoms with Crippen molar-refractivity contribution in [2.45, 2.75) is 19.9 Å². The molecule has 1 aromatic rings. The smallest absolute Gasteiger partial charge is 0.213 e. The van der Waals surface area contributed by atoms with E-state index < -0.39 is 0 Å². The predicted octanol–water partition coefficient (Wildman–Crippen LogP) is 1.62. The number of hydrogen-bond donors (Lipinski definition) is 1. The van der Waals surface area contributed by atoms with Gasteiger partial charge in [0.05, 0.1) is 25.5 Å². The van der Waals surface area contributed by atoms with Crippen molar-refractivity contribution in [1.29, 1.82) is 0 Å². The lowest BCUT2D eigenvalue weighted by molar-refractivity contribution is 0.0536. The minimum atomic E-state index is 0.503. The molecule has 0 amide bonds. The molecule has 0 aliphatic carbocycles. The van der Waals surface area contributed by atoms with Gasteiger partial charge >= 0.3 is 0 Å². The van der Waals surface area contributed by atoms with Crippen LogP contribution in [0.15, 0.2) is 18.2 Å². The Hall–Kier alpha value is -1.17. The van der Waals surface area contributed by atoms with Crippen LogP contribution in [0.5, 0.6) is 5.88 Å². The van der Waals surface area contributed by atoms with E-state index in [1.54, 1.807) is 7.11 Å². The van der Waals surface area contributed by atoms with Crippen molar-refractivity contribution < 1.29 is 14.2 Å². The van der Waals surface area contributed by atoms with Crippen LogP contribution in [0.2, 0.25) is 0 Å². The highest BCUT2D eigenvalue weighted by Crippen LogP contribution is 2.07. The van der Waals surface area contributed by atoms with Crippen molar-refractivity contribution in [2.75, 3.05) is 40.1 Å². The van der Waals surface area contributed by atoms with E-state index in [0.717, 1.165) is 25.2 Å². The zero-order valence-corrected chi connectivity index (χ0v) is 11.9. The average Bonchev–Trinajstić information content (AvgIpc) is 2.43. The highest BCUT2D eigenvalue weighted by Gasteiger charge is 1.98. The van der Waals surface area contributed by atoms with E-state index in [2.05, 4.69) is 17.2 Å². The third-order valence-corrected chi connectivity index (χ3v) is 2.42. The molecule has 1 heterocycles. The van der Waals surface area contributed by atoms with Crippen LogP contribution < -0.4 is 10.1 Å². The van der Waals surface area contributed by atoms with E-state index in [1.165, 1.54) is 0 Å². The number of nitrogens with one attached hydrogen (secondary N) is 1. The summed E-state index contributed by atoms with van der Waals surface area (Å²) in [6, 6.07) is 5.81. The summed E-state index contributed by atoms with van der Waals surface area (Å²) in [6.07, 6.45) is 1.12. The number of pyridine rings is 1. The number of methoxy groups -OCH3 is 1. The molecule has 0 aliphatic rings. The molecule has 0 saturated heterocycles. The molecule has 19 heavy (non-hydrogen) atoms. The molecule has 0 radical (unpaired) electrons. The maximum Gasteiger partial charge on any atom is 0.213 e. The summed E-state index contributed by atoms with van der Waals surface area (Å²) in [5, 5.41) is 3.31. The maximum absolute atomic E-state index is 5.53. The van der Waals surface area contributed by atoms with Crippen molar-refractivity contribution in [2.24, 2.45) is 0 Å². The van der Waals surface area contributed by atoms with Crippen molar-refractivity contribution >= 4 is 0 Å². The second-order valence-corrected chi connectivity index (χ2v) is 4.10. The molecule has 108 valence electrons. The average molecular weight is 268 g/mol. The van der Waals surface area contributed by atoms with Gasteiger partial charge in [0.1, 0.15) is 6.61 Å². The molecule has 0 unspecified atom stereocenters. The standard InChI is InChI=1S/C14H24N2O3/c1-3-7-15-12-13-5-4-6-14(16-13)19-11-10-18-9-8-17-2/h4-6,15H,3,7-12H2,1-2H3. The van der Waals surface area contributed by atoms with Gasteiger partial charge in [-0.25, -0.2) is 4.98 Å². The Labute approximate surface area is 115 Å². The monoisotopic (exact) mass is 268 g/mol. The molecule has 1 rings (SSSR count). The first-order valence-corrected chi connectivity index (χ1v) is 6.73. The van der Waals surface area contributed by atoms with Crippen LogP contribution in [0.1, 0.15) is 19.0 Å². The normalized spacial score (nSPS) is 10.6. The highest BCUT2D eigenvalue weighted by molar-refractivity contribution is 5.15. The molecule has 5 heteroatoms. The number of ether oxygens (including phenoxy) is 3. The van der Waals surface area contributed by atoms with Gasteiger partial charge in [0.2, 0.25) is 5.88 Å². The quantitative estimate of drug-likeness (QED) is 0.618. The van der Waals surface area contributed by atoms with Crippen LogP contribution in [0.3, 0.4) is 0 Å². The van der Waals surface area contributed by atoms with E-state index in [-0.39, 0.29) is 0 Å². The SMILES string of the molecule is CCCNCc1cccc(OCCOCCOC)n1. The fourth-order valence-electron chi connectivity index (χ4n) is 1.48.